The van der Waals surface area contributed by atoms with Crippen molar-refractivity contribution in [1.82, 2.24) is 4.98 Å². The van der Waals surface area contributed by atoms with Gasteiger partial charge in [0.2, 0.25) is 0 Å². The molecule has 5 nitrogen and oxygen atoms in total. The van der Waals surface area contributed by atoms with E-state index in [4.69, 9.17) is 15.2 Å². The van der Waals surface area contributed by atoms with Gasteiger partial charge in [0.1, 0.15) is 12.6 Å². The molecule has 2 rings (SSSR count). The second-order valence-corrected chi connectivity index (χ2v) is 4.95. The maximum atomic E-state index is 11.8. The number of aromatic amines is 1. The molecule has 1 atom stereocenters. The number of rotatable bonds is 8. The van der Waals surface area contributed by atoms with Gasteiger partial charge >= 0.3 is 5.97 Å². The minimum Gasteiger partial charge on any atom is -0.462 e. The molecule has 0 aliphatic carbocycles. The van der Waals surface area contributed by atoms with Crippen LogP contribution >= 0.6 is 0 Å². The van der Waals surface area contributed by atoms with Crippen LogP contribution in [0.15, 0.2) is 30.5 Å². The largest absolute Gasteiger partial charge is 0.462 e. The topological polar surface area (TPSA) is 77.3 Å². The Labute approximate surface area is 124 Å². The summed E-state index contributed by atoms with van der Waals surface area (Å²) in [5.41, 5.74) is 7.98. The van der Waals surface area contributed by atoms with Crippen LogP contribution < -0.4 is 5.73 Å². The van der Waals surface area contributed by atoms with Gasteiger partial charge in [-0.25, -0.2) is 0 Å². The van der Waals surface area contributed by atoms with E-state index in [-0.39, 0.29) is 12.6 Å². The normalized spacial score (nSPS) is 12.5. The highest BCUT2D eigenvalue weighted by molar-refractivity contribution is 5.84. The first-order chi connectivity index (χ1) is 10.2. The van der Waals surface area contributed by atoms with E-state index in [2.05, 4.69) is 4.98 Å². The summed E-state index contributed by atoms with van der Waals surface area (Å²) in [4.78, 5) is 15.0. The van der Waals surface area contributed by atoms with Gasteiger partial charge in [0.15, 0.2) is 0 Å². The van der Waals surface area contributed by atoms with Gasteiger partial charge in [0.25, 0.3) is 0 Å². The number of nitrogens with one attached hydrogen (secondary N) is 1. The standard InChI is InChI=1S/C16H22N2O3/c1-2-7-20-8-9-21-16(19)14(17)10-12-11-18-15-6-4-3-5-13(12)15/h3-6,11,14,18H,2,7-10,17H2,1H3/t14-/m1/s1. The van der Waals surface area contributed by atoms with Gasteiger partial charge in [0, 0.05) is 30.1 Å². The van der Waals surface area contributed by atoms with E-state index < -0.39 is 6.04 Å². The SMILES string of the molecule is CCCOCCOC(=O)[C@H](N)Cc1c[nH]c2ccccc12. The highest BCUT2D eigenvalue weighted by atomic mass is 16.6. The smallest absolute Gasteiger partial charge is 0.323 e. The molecule has 0 aliphatic heterocycles. The molecule has 0 unspecified atom stereocenters. The molecule has 1 heterocycles. The summed E-state index contributed by atoms with van der Waals surface area (Å²) >= 11 is 0. The lowest BCUT2D eigenvalue weighted by Gasteiger charge is -2.11. The highest BCUT2D eigenvalue weighted by Gasteiger charge is 2.17. The third-order valence-corrected chi connectivity index (χ3v) is 3.24. The molecule has 0 fully saturated rings. The summed E-state index contributed by atoms with van der Waals surface area (Å²) in [6.07, 6.45) is 3.30. The molecule has 0 radical (unpaired) electrons. The van der Waals surface area contributed by atoms with Gasteiger partial charge in [-0.3, -0.25) is 4.79 Å². The van der Waals surface area contributed by atoms with Gasteiger partial charge in [-0.2, -0.15) is 0 Å². The van der Waals surface area contributed by atoms with E-state index in [0.29, 0.717) is 19.6 Å². The van der Waals surface area contributed by atoms with Crippen molar-refractivity contribution in [3.05, 3.63) is 36.0 Å². The maximum absolute atomic E-state index is 11.8. The lowest BCUT2D eigenvalue weighted by Crippen LogP contribution is -2.35. The Morgan fingerprint density at radius 1 is 1.29 bits per heavy atom. The average Bonchev–Trinajstić information content (AvgIpc) is 2.90. The number of esters is 1. The number of para-hydroxylation sites is 1. The van der Waals surface area contributed by atoms with Crippen molar-refractivity contribution in [2.45, 2.75) is 25.8 Å². The summed E-state index contributed by atoms with van der Waals surface area (Å²) in [6.45, 7) is 3.38. The van der Waals surface area contributed by atoms with Crippen LogP contribution in [0, 0.1) is 0 Å². The van der Waals surface area contributed by atoms with E-state index in [1.165, 1.54) is 0 Å². The van der Waals surface area contributed by atoms with Crippen molar-refractivity contribution >= 4 is 16.9 Å². The van der Waals surface area contributed by atoms with Crippen molar-refractivity contribution in [2.75, 3.05) is 19.8 Å². The fourth-order valence-corrected chi connectivity index (χ4v) is 2.18. The predicted molar refractivity (Wildman–Crippen MR) is 82.0 cm³/mol. The van der Waals surface area contributed by atoms with Crippen LogP contribution in [-0.2, 0) is 20.7 Å². The van der Waals surface area contributed by atoms with Gasteiger partial charge in [-0.15, -0.1) is 0 Å². The first-order valence-corrected chi connectivity index (χ1v) is 7.27. The van der Waals surface area contributed by atoms with Gasteiger partial charge in [-0.05, 0) is 18.1 Å². The Bertz CT molecular complexity index is 580. The van der Waals surface area contributed by atoms with Crippen molar-refractivity contribution in [3.63, 3.8) is 0 Å². The number of carbonyl (C=O) groups excluding carboxylic acids is 1. The lowest BCUT2D eigenvalue weighted by molar-refractivity contribution is -0.146. The van der Waals surface area contributed by atoms with Crippen LogP contribution in [0.1, 0.15) is 18.9 Å². The quantitative estimate of drug-likeness (QED) is 0.576. The molecule has 0 amide bonds. The molecular formula is C16H22N2O3. The molecule has 2 aromatic rings. The second kappa shape index (κ2) is 7.81. The van der Waals surface area contributed by atoms with E-state index in [1.54, 1.807) is 0 Å². The molecule has 0 bridgehead atoms. The Kier molecular flexibility index (Phi) is 5.78. The number of hydrogen-bond donors (Lipinski definition) is 2. The number of hydrogen-bond acceptors (Lipinski definition) is 4. The van der Waals surface area contributed by atoms with Crippen LogP contribution in [0.5, 0.6) is 0 Å². The fraction of sp³-hybridized carbons (Fsp3) is 0.438. The zero-order valence-corrected chi connectivity index (χ0v) is 12.3. The maximum Gasteiger partial charge on any atom is 0.323 e. The second-order valence-electron chi connectivity index (χ2n) is 4.95. The molecule has 0 aliphatic rings. The minimum absolute atomic E-state index is 0.250. The molecule has 1 aromatic carbocycles. The van der Waals surface area contributed by atoms with Crippen molar-refractivity contribution in [3.8, 4) is 0 Å². The molecule has 3 N–H and O–H groups in total. The molecule has 0 saturated carbocycles. The molecular weight excluding hydrogens is 268 g/mol. The van der Waals surface area contributed by atoms with Gasteiger partial charge in [-0.1, -0.05) is 25.1 Å². The molecule has 21 heavy (non-hydrogen) atoms. The summed E-state index contributed by atoms with van der Waals surface area (Å²) in [7, 11) is 0. The third-order valence-electron chi connectivity index (χ3n) is 3.24. The predicted octanol–water partition coefficient (Wildman–Crippen LogP) is 2.01. The summed E-state index contributed by atoms with van der Waals surface area (Å²) in [5.74, 6) is -0.389. The highest BCUT2D eigenvalue weighted by Crippen LogP contribution is 2.18. The molecule has 0 spiro atoms. The summed E-state index contributed by atoms with van der Waals surface area (Å²) < 4.78 is 10.4. The Hall–Kier alpha value is -1.85. The molecule has 114 valence electrons. The van der Waals surface area contributed by atoms with Crippen LogP contribution in [0.2, 0.25) is 0 Å². The van der Waals surface area contributed by atoms with Crippen molar-refractivity contribution < 1.29 is 14.3 Å². The van der Waals surface area contributed by atoms with E-state index in [9.17, 15) is 4.79 Å². The van der Waals surface area contributed by atoms with E-state index in [0.717, 1.165) is 22.9 Å². The van der Waals surface area contributed by atoms with Crippen molar-refractivity contribution in [2.24, 2.45) is 5.73 Å². The van der Waals surface area contributed by atoms with Gasteiger partial charge in [0.05, 0.1) is 6.61 Å². The zero-order chi connectivity index (χ0) is 15.1. The number of nitrogens with two attached hydrogens (primary N) is 1. The lowest BCUT2D eigenvalue weighted by atomic mass is 10.1. The molecule has 5 heteroatoms. The molecule has 0 saturated heterocycles. The van der Waals surface area contributed by atoms with Crippen molar-refractivity contribution in [1.29, 1.82) is 0 Å². The third kappa shape index (κ3) is 4.31. The van der Waals surface area contributed by atoms with Crippen LogP contribution in [0.3, 0.4) is 0 Å². The number of benzene rings is 1. The Morgan fingerprint density at radius 2 is 2.10 bits per heavy atom. The number of carbonyl (C=O) groups is 1. The molecule has 1 aromatic heterocycles. The Morgan fingerprint density at radius 3 is 2.90 bits per heavy atom. The minimum atomic E-state index is -0.657. The number of H-pyrrole nitrogens is 1. The first kappa shape index (κ1) is 15.5. The Balaban J connectivity index is 1.83. The fourth-order valence-electron chi connectivity index (χ4n) is 2.18. The average molecular weight is 290 g/mol. The van der Waals surface area contributed by atoms with Crippen LogP contribution in [0.25, 0.3) is 10.9 Å². The number of ether oxygens (including phenoxy) is 2. The summed E-state index contributed by atoms with van der Waals surface area (Å²) in [5, 5.41) is 1.09. The summed E-state index contributed by atoms with van der Waals surface area (Å²) in [6, 6.07) is 7.28. The van der Waals surface area contributed by atoms with Gasteiger partial charge < -0.3 is 20.2 Å². The van der Waals surface area contributed by atoms with E-state index >= 15 is 0 Å². The first-order valence-electron chi connectivity index (χ1n) is 7.27. The van der Waals surface area contributed by atoms with E-state index in [1.807, 2.05) is 37.4 Å². The zero-order valence-electron chi connectivity index (χ0n) is 12.3. The number of fused-ring (bicyclic) bond motifs is 1. The van der Waals surface area contributed by atoms with Crippen LogP contribution in [-0.4, -0.2) is 36.8 Å². The van der Waals surface area contributed by atoms with Crippen LogP contribution in [0.4, 0.5) is 0 Å². The number of aromatic nitrogens is 1. The monoisotopic (exact) mass is 290 g/mol.